The van der Waals surface area contributed by atoms with Crippen LogP contribution in [0.4, 0.5) is 5.82 Å². The van der Waals surface area contributed by atoms with E-state index in [0.29, 0.717) is 18.8 Å². The molecule has 5 nitrogen and oxygen atoms in total. The van der Waals surface area contributed by atoms with Crippen LogP contribution >= 0.6 is 0 Å². The second-order valence-electron chi connectivity index (χ2n) is 5.74. The van der Waals surface area contributed by atoms with Gasteiger partial charge in [-0.3, -0.25) is 0 Å². The molecule has 0 amide bonds. The molecule has 3 heterocycles. The summed E-state index contributed by atoms with van der Waals surface area (Å²) in [6.45, 7) is 2.14. The molecular weight excluding hydrogens is 290 g/mol. The molecule has 1 atom stereocenters. The van der Waals surface area contributed by atoms with Gasteiger partial charge in [-0.25, -0.2) is 4.98 Å². The van der Waals surface area contributed by atoms with Crippen LogP contribution in [0.25, 0.3) is 0 Å². The van der Waals surface area contributed by atoms with Crippen molar-refractivity contribution >= 4 is 5.82 Å². The molecule has 1 aromatic carbocycles. The summed E-state index contributed by atoms with van der Waals surface area (Å²) >= 11 is 0. The minimum Gasteiger partial charge on any atom is -0.486 e. The number of para-hydroxylation sites is 1. The summed E-state index contributed by atoms with van der Waals surface area (Å²) in [5.74, 6) is 2.60. The first-order chi connectivity index (χ1) is 11.4. The van der Waals surface area contributed by atoms with E-state index < -0.39 is 0 Å². The van der Waals surface area contributed by atoms with E-state index >= 15 is 0 Å². The molecule has 0 saturated carbocycles. The third-order valence-corrected chi connectivity index (χ3v) is 4.38. The van der Waals surface area contributed by atoms with E-state index in [1.165, 1.54) is 0 Å². The Morgan fingerprint density at radius 3 is 2.91 bits per heavy atom. The third kappa shape index (κ3) is 2.46. The predicted molar refractivity (Wildman–Crippen MR) is 85.7 cm³/mol. The van der Waals surface area contributed by atoms with Gasteiger partial charge < -0.3 is 14.4 Å². The van der Waals surface area contributed by atoms with Gasteiger partial charge >= 0.3 is 0 Å². The Balaban J connectivity index is 1.69. The van der Waals surface area contributed by atoms with Gasteiger partial charge in [0.25, 0.3) is 0 Å². The number of fused-ring (bicyclic) bond motifs is 1. The van der Waals surface area contributed by atoms with E-state index in [-0.39, 0.29) is 6.04 Å². The van der Waals surface area contributed by atoms with Gasteiger partial charge in [0.2, 0.25) is 0 Å². The number of pyridine rings is 1. The summed E-state index contributed by atoms with van der Waals surface area (Å²) < 4.78 is 11.6. The fourth-order valence-electron chi connectivity index (χ4n) is 3.35. The van der Waals surface area contributed by atoms with Crippen molar-refractivity contribution in [2.45, 2.75) is 18.9 Å². The standard InChI is InChI=1S/C18H17N3O2/c19-11-13-6-7-17(20-12-13)21-8-2-4-15(21)14-3-1-5-16-18(14)23-10-9-22-16/h1,3,5-7,12,15H,2,4,8-10H2. The van der Waals surface area contributed by atoms with Gasteiger partial charge in [-0.15, -0.1) is 0 Å². The SMILES string of the molecule is N#Cc1ccc(N2CCCC2c2cccc3c2OCCO3)nc1. The number of aromatic nitrogens is 1. The topological polar surface area (TPSA) is 58.4 Å². The van der Waals surface area contributed by atoms with Crippen LogP contribution in [0.3, 0.4) is 0 Å². The Morgan fingerprint density at radius 2 is 2.09 bits per heavy atom. The molecule has 116 valence electrons. The van der Waals surface area contributed by atoms with Crippen LogP contribution in [0.15, 0.2) is 36.5 Å². The highest BCUT2D eigenvalue weighted by Gasteiger charge is 2.31. The van der Waals surface area contributed by atoms with Crippen molar-refractivity contribution in [2.24, 2.45) is 0 Å². The zero-order valence-electron chi connectivity index (χ0n) is 12.7. The number of hydrogen-bond donors (Lipinski definition) is 0. The van der Waals surface area contributed by atoms with E-state index in [1.54, 1.807) is 6.20 Å². The summed E-state index contributed by atoms with van der Waals surface area (Å²) in [5.41, 5.74) is 1.74. The first kappa shape index (κ1) is 13.9. The molecule has 0 aliphatic carbocycles. The molecule has 5 heteroatoms. The molecule has 23 heavy (non-hydrogen) atoms. The lowest BCUT2D eigenvalue weighted by atomic mass is 10.0. The maximum atomic E-state index is 8.92. The van der Waals surface area contributed by atoms with Crippen molar-refractivity contribution in [3.05, 3.63) is 47.7 Å². The Hall–Kier alpha value is -2.74. The number of ether oxygens (including phenoxy) is 2. The van der Waals surface area contributed by atoms with Gasteiger partial charge in [-0.2, -0.15) is 5.26 Å². The number of hydrogen-bond acceptors (Lipinski definition) is 5. The lowest BCUT2D eigenvalue weighted by Crippen LogP contribution is -2.25. The zero-order chi connectivity index (χ0) is 15.6. The van der Waals surface area contributed by atoms with Gasteiger partial charge in [-0.1, -0.05) is 12.1 Å². The van der Waals surface area contributed by atoms with Crippen molar-refractivity contribution in [3.63, 3.8) is 0 Å². The highest BCUT2D eigenvalue weighted by atomic mass is 16.6. The zero-order valence-corrected chi connectivity index (χ0v) is 12.7. The van der Waals surface area contributed by atoms with E-state index in [4.69, 9.17) is 14.7 Å². The van der Waals surface area contributed by atoms with Crippen LogP contribution < -0.4 is 14.4 Å². The van der Waals surface area contributed by atoms with Crippen LogP contribution in [0.2, 0.25) is 0 Å². The molecule has 1 fully saturated rings. The first-order valence-electron chi connectivity index (χ1n) is 7.88. The quantitative estimate of drug-likeness (QED) is 0.853. The number of anilines is 1. The number of nitrogens with zero attached hydrogens (tertiary/aromatic N) is 3. The van der Waals surface area contributed by atoms with Gasteiger partial charge in [-0.05, 0) is 31.0 Å². The van der Waals surface area contributed by atoms with Crippen molar-refractivity contribution in [2.75, 3.05) is 24.7 Å². The fourth-order valence-corrected chi connectivity index (χ4v) is 3.35. The Bertz CT molecular complexity index is 752. The molecular formula is C18H17N3O2. The Labute approximate surface area is 135 Å². The van der Waals surface area contributed by atoms with Gasteiger partial charge in [0.1, 0.15) is 25.1 Å². The molecule has 1 unspecified atom stereocenters. The lowest BCUT2D eigenvalue weighted by molar-refractivity contribution is 0.169. The summed E-state index contributed by atoms with van der Waals surface area (Å²) in [5, 5.41) is 8.92. The Kier molecular flexibility index (Phi) is 3.51. The third-order valence-electron chi connectivity index (χ3n) is 4.38. The smallest absolute Gasteiger partial charge is 0.166 e. The highest BCUT2D eigenvalue weighted by molar-refractivity contribution is 5.54. The molecule has 2 aliphatic heterocycles. The fraction of sp³-hybridized carbons (Fsp3) is 0.333. The number of benzene rings is 1. The molecule has 0 spiro atoms. The molecule has 1 aromatic heterocycles. The summed E-state index contributed by atoms with van der Waals surface area (Å²) in [6.07, 6.45) is 3.79. The Morgan fingerprint density at radius 1 is 1.17 bits per heavy atom. The average molecular weight is 307 g/mol. The van der Waals surface area contributed by atoms with Crippen molar-refractivity contribution in [3.8, 4) is 17.6 Å². The van der Waals surface area contributed by atoms with Gasteiger partial charge in [0.15, 0.2) is 11.5 Å². The van der Waals surface area contributed by atoms with Crippen LogP contribution in [0.5, 0.6) is 11.5 Å². The molecule has 0 N–H and O–H groups in total. The van der Waals surface area contributed by atoms with Gasteiger partial charge in [0, 0.05) is 18.3 Å². The molecule has 0 bridgehead atoms. The summed E-state index contributed by atoms with van der Waals surface area (Å²) in [7, 11) is 0. The van der Waals surface area contributed by atoms with E-state index in [9.17, 15) is 0 Å². The van der Waals surface area contributed by atoms with Crippen molar-refractivity contribution in [1.29, 1.82) is 5.26 Å². The number of rotatable bonds is 2. The second kappa shape index (κ2) is 5.81. The minimum absolute atomic E-state index is 0.229. The molecule has 2 aromatic rings. The van der Waals surface area contributed by atoms with Crippen LogP contribution in [0, 0.1) is 11.3 Å². The van der Waals surface area contributed by atoms with Crippen LogP contribution in [-0.2, 0) is 0 Å². The molecule has 2 aliphatic rings. The van der Waals surface area contributed by atoms with Crippen LogP contribution in [0.1, 0.15) is 30.0 Å². The maximum absolute atomic E-state index is 8.92. The lowest BCUT2D eigenvalue weighted by Gasteiger charge is -2.29. The predicted octanol–water partition coefficient (Wildman–Crippen LogP) is 3.07. The highest BCUT2D eigenvalue weighted by Crippen LogP contribution is 2.43. The van der Waals surface area contributed by atoms with Crippen molar-refractivity contribution < 1.29 is 9.47 Å². The molecule has 1 saturated heterocycles. The molecule has 0 radical (unpaired) electrons. The monoisotopic (exact) mass is 307 g/mol. The van der Waals surface area contributed by atoms with Crippen LogP contribution in [-0.4, -0.2) is 24.7 Å². The van der Waals surface area contributed by atoms with Crippen molar-refractivity contribution in [1.82, 2.24) is 4.98 Å². The van der Waals surface area contributed by atoms with Gasteiger partial charge in [0.05, 0.1) is 11.6 Å². The average Bonchev–Trinajstić information content (AvgIpc) is 3.11. The van der Waals surface area contributed by atoms with E-state index in [0.717, 1.165) is 42.3 Å². The summed E-state index contributed by atoms with van der Waals surface area (Å²) in [4.78, 5) is 6.74. The van der Waals surface area contributed by atoms with E-state index in [1.807, 2.05) is 24.3 Å². The maximum Gasteiger partial charge on any atom is 0.166 e. The normalized spacial score (nSPS) is 19.4. The largest absolute Gasteiger partial charge is 0.486 e. The first-order valence-corrected chi connectivity index (χ1v) is 7.88. The number of nitriles is 1. The second-order valence-corrected chi connectivity index (χ2v) is 5.74. The minimum atomic E-state index is 0.229. The molecule has 4 rings (SSSR count). The van der Waals surface area contributed by atoms with E-state index in [2.05, 4.69) is 22.0 Å². The summed E-state index contributed by atoms with van der Waals surface area (Å²) in [6, 6.07) is 12.2.